The van der Waals surface area contributed by atoms with Gasteiger partial charge in [-0.2, -0.15) is 5.10 Å². The normalized spacial score (nSPS) is 20.5. The average molecular weight is 447 g/mol. The Labute approximate surface area is 191 Å². The van der Waals surface area contributed by atoms with Gasteiger partial charge in [-0.05, 0) is 43.7 Å². The number of Topliss-reactive ketones (excluding diaryl/α,β-unsaturated/α-hetero) is 1. The summed E-state index contributed by atoms with van der Waals surface area (Å²) in [5.41, 5.74) is 2.26. The lowest BCUT2D eigenvalue weighted by atomic mass is 9.94. The Bertz CT molecular complexity index is 1190. The molecule has 0 bridgehead atoms. The molecule has 3 aliphatic rings. The molecule has 0 saturated heterocycles. The number of nitrogens with one attached hydrogen (secondary N) is 3. The van der Waals surface area contributed by atoms with Gasteiger partial charge in [-0.15, -0.1) is 0 Å². The smallest absolute Gasteiger partial charge is 0.261 e. The van der Waals surface area contributed by atoms with Gasteiger partial charge in [0.2, 0.25) is 0 Å². The quantitative estimate of drug-likeness (QED) is 0.601. The standard InChI is InChI=1S/C24H26N6O3/c25-20-11-22(33-14-15-2-3-15)21(10-16(20)12-27-17-4-6-18(31)7-5-17)29-24(32)19-13-28-30-9-1-8-26-23(19)30/h1,8-13,15,17,25,27H,2-7,14H2,(H,29,32)/b16-12-,25-20?. The van der Waals surface area contributed by atoms with Crippen molar-refractivity contribution in [2.75, 3.05) is 6.61 Å². The fourth-order valence-electron chi connectivity index (χ4n) is 3.92. The zero-order chi connectivity index (χ0) is 22.8. The maximum atomic E-state index is 13.1. The van der Waals surface area contributed by atoms with E-state index in [1.54, 1.807) is 41.3 Å². The van der Waals surface area contributed by atoms with Crippen LogP contribution in [0.4, 0.5) is 0 Å². The van der Waals surface area contributed by atoms with Gasteiger partial charge in [0.15, 0.2) is 5.65 Å². The number of amides is 1. The molecule has 2 saturated carbocycles. The second-order valence-electron chi connectivity index (χ2n) is 8.71. The minimum atomic E-state index is -0.345. The number of allylic oxidation sites excluding steroid dienone is 3. The Hall–Kier alpha value is -3.75. The van der Waals surface area contributed by atoms with Gasteiger partial charge in [0.05, 0.1) is 24.2 Å². The van der Waals surface area contributed by atoms with Crippen molar-refractivity contribution in [1.29, 1.82) is 5.41 Å². The van der Waals surface area contributed by atoms with E-state index in [2.05, 4.69) is 20.7 Å². The first-order valence-electron chi connectivity index (χ1n) is 11.3. The molecule has 0 unspecified atom stereocenters. The third-order valence-electron chi connectivity index (χ3n) is 6.11. The van der Waals surface area contributed by atoms with Crippen LogP contribution in [0.2, 0.25) is 0 Å². The van der Waals surface area contributed by atoms with E-state index in [0.29, 0.717) is 65.1 Å². The molecule has 0 spiro atoms. The summed E-state index contributed by atoms with van der Waals surface area (Å²) in [5, 5.41) is 18.9. The average Bonchev–Trinajstić information content (AvgIpc) is 3.55. The van der Waals surface area contributed by atoms with E-state index < -0.39 is 0 Å². The van der Waals surface area contributed by atoms with Gasteiger partial charge in [0.1, 0.15) is 17.1 Å². The van der Waals surface area contributed by atoms with Crippen molar-refractivity contribution in [3.8, 4) is 0 Å². The minimum absolute atomic E-state index is 0.204. The summed E-state index contributed by atoms with van der Waals surface area (Å²) in [5.74, 6) is 0.972. The molecule has 1 amide bonds. The zero-order valence-corrected chi connectivity index (χ0v) is 18.2. The predicted octanol–water partition coefficient (Wildman–Crippen LogP) is 2.67. The van der Waals surface area contributed by atoms with Gasteiger partial charge >= 0.3 is 0 Å². The molecule has 5 rings (SSSR count). The molecular weight excluding hydrogens is 420 g/mol. The highest BCUT2D eigenvalue weighted by molar-refractivity contribution is 6.11. The van der Waals surface area contributed by atoms with Gasteiger partial charge in [0.25, 0.3) is 5.91 Å². The van der Waals surface area contributed by atoms with Crippen molar-refractivity contribution < 1.29 is 14.3 Å². The molecule has 2 aromatic heterocycles. The topological polar surface area (TPSA) is 121 Å². The van der Waals surface area contributed by atoms with Crippen molar-refractivity contribution in [3.63, 3.8) is 0 Å². The Balaban J connectivity index is 1.36. The van der Waals surface area contributed by atoms with Crippen LogP contribution < -0.4 is 10.6 Å². The van der Waals surface area contributed by atoms with Crippen LogP contribution in [-0.4, -0.2) is 44.6 Å². The van der Waals surface area contributed by atoms with Crippen LogP contribution >= 0.6 is 0 Å². The molecule has 2 heterocycles. The second-order valence-corrected chi connectivity index (χ2v) is 8.71. The first-order chi connectivity index (χ1) is 16.1. The fraction of sp³-hybridized carbons (Fsp3) is 0.375. The maximum Gasteiger partial charge on any atom is 0.261 e. The highest BCUT2D eigenvalue weighted by atomic mass is 16.5. The lowest BCUT2D eigenvalue weighted by molar-refractivity contribution is -0.120. The minimum Gasteiger partial charge on any atom is -0.491 e. The molecular formula is C24H26N6O3. The largest absolute Gasteiger partial charge is 0.491 e. The molecule has 0 atom stereocenters. The van der Waals surface area contributed by atoms with Crippen molar-refractivity contribution in [2.24, 2.45) is 5.92 Å². The molecule has 170 valence electrons. The third-order valence-corrected chi connectivity index (χ3v) is 6.11. The molecule has 3 aliphatic carbocycles. The summed E-state index contributed by atoms with van der Waals surface area (Å²) in [6.45, 7) is 0.567. The van der Waals surface area contributed by atoms with Crippen LogP contribution in [0.1, 0.15) is 48.9 Å². The number of aromatic nitrogens is 3. The number of rotatable bonds is 7. The lowest BCUT2D eigenvalue weighted by Crippen LogP contribution is -2.31. The first kappa shape index (κ1) is 21.1. The third kappa shape index (κ3) is 4.87. The SMILES string of the molecule is N=C1C=C(OCC2CC2)C(NC(=O)c2cnn3cccnc23)=C/C1=C/NC1CCC(=O)CC1. The van der Waals surface area contributed by atoms with E-state index in [4.69, 9.17) is 10.1 Å². The molecule has 3 N–H and O–H groups in total. The van der Waals surface area contributed by atoms with Crippen LogP contribution in [0, 0.1) is 11.3 Å². The van der Waals surface area contributed by atoms with Gasteiger partial charge in [-0.3, -0.25) is 9.59 Å². The summed E-state index contributed by atoms with van der Waals surface area (Å²) < 4.78 is 7.51. The van der Waals surface area contributed by atoms with E-state index in [9.17, 15) is 9.59 Å². The summed E-state index contributed by atoms with van der Waals surface area (Å²) in [7, 11) is 0. The summed E-state index contributed by atoms with van der Waals surface area (Å²) in [6, 6.07) is 1.95. The summed E-state index contributed by atoms with van der Waals surface area (Å²) >= 11 is 0. The van der Waals surface area contributed by atoms with Crippen LogP contribution in [0.25, 0.3) is 5.65 Å². The van der Waals surface area contributed by atoms with E-state index in [-0.39, 0.29) is 11.9 Å². The summed E-state index contributed by atoms with van der Waals surface area (Å²) in [4.78, 5) is 28.8. The van der Waals surface area contributed by atoms with Crippen LogP contribution in [0.15, 0.2) is 60.0 Å². The van der Waals surface area contributed by atoms with E-state index >= 15 is 0 Å². The van der Waals surface area contributed by atoms with E-state index in [0.717, 1.165) is 25.7 Å². The number of ether oxygens (including phenoxy) is 1. The van der Waals surface area contributed by atoms with Crippen molar-refractivity contribution in [1.82, 2.24) is 25.2 Å². The second kappa shape index (κ2) is 9.01. The predicted molar refractivity (Wildman–Crippen MR) is 122 cm³/mol. The number of hydrogen-bond acceptors (Lipinski definition) is 7. The molecule has 9 nitrogen and oxygen atoms in total. The van der Waals surface area contributed by atoms with Gasteiger partial charge in [-0.25, -0.2) is 9.50 Å². The van der Waals surface area contributed by atoms with Crippen molar-refractivity contribution in [2.45, 2.75) is 44.6 Å². The van der Waals surface area contributed by atoms with Gasteiger partial charge in [0, 0.05) is 49.1 Å². The molecule has 33 heavy (non-hydrogen) atoms. The fourth-order valence-corrected chi connectivity index (χ4v) is 3.92. The first-order valence-corrected chi connectivity index (χ1v) is 11.3. The van der Waals surface area contributed by atoms with Crippen LogP contribution in [0.3, 0.4) is 0 Å². The lowest BCUT2D eigenvalue weighted by Gasteiger charge is -2.23. The number of nitrogens with zero attached hydrogens (tertiary/aromatic N) is 3. The van der Waals surface area contributed by atoms with Crippen molar-refractivity contribution >= 4 is 23.0 Å². The highest BCUT2D eigenvalue weighted by Crippen LogP contribution is 2.31. The molecule has 2 fully saturated rings. The molecule has 0 aliphatic heterocycles. The highest BCUT2D eigenvalue weighted by Gasteiger charge is 2.26. The molecule has 9 heteroatoms. The Morgan fingerprint density at radius 1 is 1.24 bits per heavy atom. The zero-order valence-electron chi connectivity index (χ0n) is 18.2. The number of ketones is 1. The Morgan fingerprint density at radius 3 is 2.85 bits per heavy atom. The molecule has 0 aromatic carbocycles. The number of hydrogen-bond donors (Lipinski definition) is 3. The Morgan fingerprint density at radius 2 is 2.06 bits per heavy atom. The molecule has 0 radical (unpaired) electrons. The number of fused-ring (bicyclic) bond motifs is 1. The molecule has 2 aromatic rings. The van der Waals surface area contributed by atoms with Crippen molar-refractivity contribution in [3.05, 3.63) is 65.6 Å². The summed E-state index contributed by atoms with van der Waals surface area (Å²) in [6.07, 6.45) is 15.1. The number of carbonyl (C=O) groups is 2. The van der Waals surface area contributed by atoms with Crippen LogP contribution in [-0.2, 0) is 9.53 Å². The number of carbonyl (C=O) groups excluding carboxylic acids is 2. The van der Waals surface area contributed by atoms with Gasteiger partial charge < -0.3 is 20.8 Å². The van der Waals surface area contributed by atoms with E-state index in [1.165, 1.54) is 6.20 Å². The maximum absolute atomic E-state index is 13.1. The monoisotopic (exact) mass is 446 g/mol. The van der Waals surface area contributed by atoms with Gasteiger partial charge in [-0.1, -0.05) is 0 Å². The van der Waals surface area contributed by atoms with Crippen LogP contribution in [0.5, 0.6) is 0 Å². The Kier molecular flexibility index (Phi) is 5.77. The van der Waals surface area contributed by atoms with E-state index in [1.807, 2.05) is 0 Å².